The van der Waals surface area contributed by atoms with Gasteiger partial charge in [0.25, 0.3) is 0 Å². The first-order valence-electron chi connectivity index (χ1n) is 4.13. The van der Waals surface area contributed by atoms with Crippen LogP contribution >= 0.6 is 0 Å². The van der Waals surface area contributed by atoms with Crippen LogP contribution in [0.4, 0.5) is 0 Å². The third kappa shape index (κ3) is 2.03. The summed E-state index contributed by atoms with van der Waals surface area (Å²) >= 11 is 0. The molecule has 4 nitrogen and oxygen atoms in total. The molecule has 1 rings (SSSR count). The van der Waals surface area contributed by atoms with Crippen molar-refractivity contribution < 1.29 is 20.1 Å². The minimum Gasteiger partial charge on any atom is -0.394 e. The fraction of sp³-hybridized carbons (Fsp3) is 0.875. The maximum atomic E-state index is 10.5. The molecule has 0 heterocycles. The lowest BCUT2D eigenvalue weighted by molar-refractivity contribution is -0.120. The summed E-state index contributed by atoms with van der Waals surface area (Å²) < 4.78 is 0. The second-order valence-corrected chi connectivity index (χ2v) is 3.29. The third-order valence-electron chi connectivity index (χ3n) is 2.30. The van der Waals surface area contributed by atoms with E-state index in [1.54, 1.807) is 0 Å². The predicted octanol–water partition coefficient (Wildman–Crippen LogP) is -1.07. The van der Waals surface area contributed by atoms with Crippen molar-refractivity contribution in [3.63, 3.8) is 0 Å². The summed E-state index contributed by atoms with van der Waals surface area (Å²) in [5.74, 6) is -0.300. The standard InChI is InChI=1S/C8H14O4/c9-3-6(5-1-2-5)8(12)7(11)4-10/h3,5-8,10-12H,1-2,4H2/t6?,7-,8?/m0/s1. The lowest BCUT2D eigenvalue weighted by Gasteiger charge is -2.20. The Hall–Kier alpha value is -0.450. The van der Waals surface area contributed by atoms with Crippen LogP contribution in [0.5, 0.6) is 0 Å². The first-order chi connectivity index (χ1) is 5.70. The Bertz CT molecular complexity index is 155. The van der Waals surface area contributed by atoms with E-state index in [0.29, 0.717) is 6.29 Å². The molecule has 3 atom stereocenters. The molecule has 1 fully saturated rings. The summed E-state index contributed by atoms with van der Waals surface area (Å²) in [6.07, 6.45) is 0.221. The van der Waals surface area contributed by atoms with Gasteiger partial charge in [-0.1, -0.05) is 0 Å². The fourth-order valence-corrected chi connectivity index (χ4v) is 1.32. The van der Waals surface area contributed by atoms with Crippen molar-refractivity contribution in [1.82, 2.24) is 0 Å². The van der Waals surface area contributed by atoms with Gasteiger partial charge in [0, 0.05) is 5.92 Å². The number of aliphatic hydroxyl groups is 3. The van der Waals surface area contributed by atoms with E-state index < -0.39 is 24.7 Å². The largest absolute Gasteiger partial charge is 0.394 e. The van der Waals surface area contributed by atoms with E-state index in [1.165, 1.54) is 0 Å². The molecular weight excluding hydrogens is 160 g/mol. The Labute approximate surface area is 70.8 Å². The monoisotopic (exact) mass is 174 g/mol. The van der Waals surface area contributed by atoms with Gasteiger partial charge in [0.1, 0.15) is 12.4 Å². The smallest absolute Gasteiger partial charge is 0.126 e. The second-order valence-electron chi connectivity index (χ2n) is 3.29. The zero-order valence-corrected chi connectivity index (χ0v) is 6.76. The number of carbonyl (C=O) groups is 1. The molecule has 0 aliphatic heterocycles. The number of aliphatic hydroxyl groups excluding tert-OH is 3. The van der Waals surface area contributed by atoms with Gasteiger partial charge >= 0.3 is 0 Å². The van der Waals surface area contributed by atoms with E-state index in [1.807, 2.05) is 0 Å². The zero-order valence-electron chi connectivity index (χ0n) is 6.76. The Kier molecular flexibility index (Phi) is 3.20. The van der Waals surface area contributed by atoms with Crippen LogP contribution in [-0.2, 0) is 4.79 Å². The van der Waals surface area contributed by atoms with Crippen molar-refractivity contribution in [2.75, 3.05) is 6.61 Å². The highest BCUT2D eigenvalue weighted by Crippen LogP contribution is 2.38. The number of aldehydes is 1. The second kappa shape index (κ2) is 3.98. The van der Waals surface area contributed by atoms with Crippen molar-refractivity contribution >= 4 is 6.29 Å². The number of hydrogen-bond donors (Lipinski definition) is 3. The maximum absolute atomic E-state index is 10.5. The van der Waals surface area contributed by atoms with E-state index >= 15 is 0 Å². The van der Waals surface area contributed by atoms with Gasteiger partial charge in [-0.3, -0.25) is 0 Å². The van der Waals surface area contributed by atoms with Crippen LogP contribution in [0.1, 0.15) is 12.8 Å². The lowest BCUT2D eigenvalue weighted by Crippen LogP contribution is -2.37. The van der Waals surface area contributed by atoms with E-state index in [0.717, 1.165) is 12.8 Å². The molecule has 0 saturated heterocycles. The van der Waals surface area contributed by atoms with Gasteiger partial charge in [-0.15, -0.1) is 0 Å². The van der Waals surface area contributed by atoms with E-state index in [4.69, 9.17) is 10.2 Å². The van der Waals surface area contributed by atoms with Gasteiger partial charge in [0.15, 0.2) is 0 Å². The summed E-state index contributed by atoms with van der Waals surface area (Å²) in [7, 11) is 0. The van der Waals surface area contributed by atoms with Gasteiger partial charge in [-0.25, -0.2) is 0 Å². The fourth-order valence-electron chi connectivity index (χ4n) is 1.32. The maximum Gasteiger partial charge on any atom is 0.126 e. The number of carbonyl (C=O) groups excluding carboxylic acids is 1. The Balaban J connectivity index is 2.45. The third-order valence-corrected chi connectivity index (χ3v) is 2.30. The molecule has 0 aromatic carbocycles. The van der Waals surface area contributed by atoms with E-state index in [-0.39, 0.29) is 5.92 Å². The molecule has 70 valence electrons. The van der Waals surface area contributed by atoms with Crippen molar-refractivity contribution in [3.05, 3.63) is 0 Å². The van der Waals surface area contributed by atoms with Gasteiger partial charge in [-0.05, 0) is 18.8 Å². The molecule has 1 saturated carbocycles. The highest BCUT2D eigenvalue weighted by atomic mass is 16.4. The molecule has 3 N–H and O–H groups in total. The quantitative estimate of drug-likeness (QED) is 0.463. The molecule has 4 heteroatoms. The van der Waals surface area contributed by atoms with Gasteiger partial charge < -0.3 is 20.1 Å². The molecule has 1 aliphatic carbocycles. The molecule has 0 aromatic heterocycles. The minimum absolute atomic E-state index is 0.207. The molecular formula is C8H14O4. The van der Waals surface area contributed by atoms with Crippen molar-refractivity contribution in [2.24, 2.45) is 11.8 Å². The molecule has 0 aromatic rings. The van der Waals surface area contributed by atoms with Crippen molar-refractivity contribution in [1.29, 1.82) is 0 Å². The SMILES string of the molecule is O=CC(C1CC1)C(O)[C@@H](O)CO. The average Bonchev–Trinajstić information content (AvgIpc) is 2.88. The van der Waals surface area contributed by atoms with Crippen LogP contribution in [0, 0.1) is 11.8 Å². The molecule has 12 heavy (non-hydrogen) atoms. The average molecular weight is 174 g/mol. The Morgan fingerprint density at radius 1 is 1.42 bits per heavy atom. The molecule has 0 spiro atoms. The molecule has 0 bridgehead atoms. The lowest BCUT2D eigenvalue weighted by atomic mass is 9.95. The summed E-state index contributed by atoms with van der Waals surface area (Å²) in [5, 5.41) is 26.9. The van der Waals surface area contributed by atoms with Crippen LogP contribution in [0.15, 0.2) is 0 Å². The van der Waals surface area contributed by atoms with Gasteiger partial charge in [-0.2, -0.15) is 0 Å². The zero-order chi connectivity index (χ0) is 9.14. The Morgan fingerprint density at radius 3 is 2.33 bits per heavy atom. The molecule has 2 unspecified atom stereocenters. The number of hydrogen-bond acceptors (Lipinski definition) is 4. The summed E-state index contributed by atoms with van der Waals surface area (Å²) in [6, 6.07) is 0. The molecule has 0 amide bonds. The van der Waals surface area contributed by atoms with Crippen LogP contribution in [0.3, 0.4) is 0 Å². The van der Waals surface area contributed by atoms with Crippen LogP contribution < -0.4 is 0 Å². The summed E-state index contributed by atoms with van der Waals surface area (Å²) in [5.41, 5.74) is 0. The minimum atomic E-state index is -1.19. The van der Waals surface area contributed by atoms with Crippen LogP contribution in [0.25, 0.3) is 0 Å². The first kappa shape index (κ1) is 9.64. The van der Waals surface area contributed by atoms with Crippen LogP contribution in [0.2, 0.25) is 0 Å². The highest BCUT2D eigenvalue weighted by molar-refractivity contribution is 5.56. The van der Waals surface area contributed by atoms with Crippen molar-refractivity contribution in [3.8, 4) is 0 Å². The van der Waals surface area contributed by atoms with Gasteiger partial charge in [0.05, 0.1) is 12.7 Å². The van der Waals surface area contributed by atoms with Crippen molar-refractivity contribution in [2.45, 2.75) is 25.0 Å². The summed E-state index contributed by atoms with van der Waals surface area (Å²) in [4.78, 5) is 10.5. The predicted molar refractivity (Wildman–Crippen MR) is 41.4 cm³/mol. The van der Waals surface area contributed by atoms with Crippen LogP contribution in [-0.4, -0.2) is 40.4 Å². The van der Waals surface area contributed by atoms with E-state index in [2.05, 4.69) is 0 Å². The number of rotatable bonds is 5. The normalized spacial score (nSPS) is 24.6. The first-order valence-corrected chi connectivity index (χ1v) is 4.13. The van der Waals surface area contributed by atoms with E-state index in [9.17, 15) is 9.90 Å². The highest BCUT2D eigenvalue weighted by Gasteiger charge is 2.38. The Morgan fingerprint density at radius 2 is 2.00 bits per heavy atom. The molecule has 0 radical (unpaired) electrons. The topological polar surface area (TPSA) is 77.8 Å². The summed E-state index contributed by atoms with van der Waals surface area (Å²) in [6.45, 7) is -0.502. The van der Waals surface area contributed by atoms with Gasteiger partial charge in [0.2, 0.25) is 0 Å². The molecule has 1 aliphatic rings.